The molecule has 0 saturated heterocycles. The molecule has 1 aromatic carbocycles. The zero-order valence-corrected chi connectivity index (χ0v) is 16.9. The number of carbonyl (C=O) groups is 2. The van der Waals surface area contributed by atoms with E-state index in [2.05, 4.69) is 0 Å². The first-order chi connectivity index (χ1) is 14.4. The fraction of sp³-hybridized carbons (Fsp3) is 0.455. The quantitative estimate of drug-likeness (QED) is 0.422. The molecule has 0 aromatic heterocycles. The molecule has 2 rings (SSSR count). The van der Waals surface area contributed by atoms with Crippen molar-refractivity contribution in [3.05, 3.63) is 47.5 Å². The van der Waals surface area contributed by atoms with Gasteiger partial charge >= 0.3 is 11.9 Å². The van der Waals surface area contributed by atoms with Crippen molar-refractivity contribution in [1.29, 1.82) is 0 Å². The van der Waals surface area contributed by atoms with E-state index in [1.807, 2.05) is 0 Å². The summed E-state index contributed by atoms with van der Waals surface area (Å²) in [4.78, 5) is 20.5. The predicted octanol–water partition coefficient (Wildman–Crippen LogP) is 2.20. The minimum absolute atomic E-state index is 0.0982. The lowest BCUT2D eigenvalue weighted by molar-refractivity contribution is -0.132. The summed E-state index contributed by atoms with van der Waals surface area (Å²) in [6.45, 7) is 1.07. The van der Waals surface area contributed by atoms with E-state index in [9.17, 15) is 9.59 Å². The van der Waals surface area contributed by atoms with Gasteiger partial charge in [0.1, 0.15) is 0 Å². The number of benzene rings is 1. The van der Waals surface area contributed by atoms with Crippen LogP contribution in [0.5, 0.6) is 0 Å². The minimum Gasteiger partial charge on any atom is -0.478 e. The molecule has 4 N–H and O–H groups in total. The monoisotopic (exact) mass is 422 g/mol. The fourth-order valence-corrected chi connectivity index (χ4v) is 2.86. The van der Waals surface area contributed by atoms with Crippen molar-refractivity contribution in [3.63, 3.8) is 0 Å². The lowest BCUT2D eigenvalue weighted by Gasteiger charge is -2.28. The highest BCUT2D eigenvalue weighted by molar-refractivity contribution is 5.86. The first-order valence-electron chi connectivity index (χ1n) is 9.81. The molecular weight excluding hydrogens is 392 g/mol. The second-order valence-corrected chi connectivity index (χ2v) is 6.60. The van der Waals surface area contributed by atoms with Crippen molar-refractivity contribution in [2.75, 3.05) is 26.4 Å². The average molecular weight is 422 g/mol. The third kappa shape index (κ3) is 12.1. The Hall–Kier alpha value is -2.52. The molecule has 0 heterocycles. The molecule has 1 fully saturated rings. The molecule has 0 radical (unpaired) electrons. The van der Waals surface area contributed by atoms with E-state index in [0.29, 0.717) is 13.2 Å². The summed E-state index contributed by atoms with van der Waals surface area (Å²) in [6.07, 6.45) is 9.58. The summed E-state index contributed by atoms with van der Waals surface area (Å²) in [6, 6.07) is 6.84. The van der Waals surface area contributed by atoms with Crippen LogP contribution in [0.4, 0.5) is 0 Å². The Morgan fingerprint density at radius 2 is 1.10 bits per heavy atom. The van der Waals surface area contributed by atoms with Crippen LogP contribution in [0.25, 0.3) is 12.2 Å². The highest BCUT2D eigenvalue weighted by Gasteiger charge is 2.21. The van der Waals surface area contributed by atoms with E-state index in [1.165, 1.54) is 12.2 Å². The maximum atomic E-state index is 10.3. The second-order valence-electron chi connectivity index (χ2n) is 6.60. The van der Waals surface area contributed by atoms with Gasteiger partial charge in [-0.25, -0.2) is 9.59 Å². The summed E-state index contributed by atoms with van der Waals surface area (Å²) in [5, 5.41) is 34.0. The van der Waals surface area contributed by atoms with Gasteiger partial charge in [0.2, 0.25) is 0 Å². The van der Waals surface area contributed by atoms with Gasteiger partial charge in [0.15, 0.2) is 0 Å². The molecule has 0 unspecified atom stereocenters. The van der Waals surface area contributed by atoms with E-state index >= 15 is 0 Å². The van der Waals surface area contributed by atoms with Gasteiger partial charge in [-0.15, -0.1) is 0 Å². The molecule has 0 aliphatic heterocycles. The zero-order chi connectivity index (χ0) is 22.2. The topological polar surface area (TPSA) is 134 Å². The second kappa shape index (κ2) is 15.3. The summed E-state index contributed by atoms with van der Waals surface area (Å²) in [5.74, 6) is -2.01. The maximum Gasteiger partial charge on any atom is 0.328 e. The summed E-state index contributed by atoms with van der Waals surface area (Å²) in [5.41, 5.74) is 1.49. The molecule has 0 bridgehead atoms. The first-order valence-corrected chi connectivity index (χ1v) is 9.81. The highest BCUT2D eigenvalue weighted by Crippen LogP contribution is 2.23. The van der Waals surface area contributed by atoms with Gasteiger partial charge in [0.05, 0.1) is 38.6 Å². The van der Waals surface area contributed by atoms with E-state index < -0.39 is 11.9 Å². The minimum atomic E-state index is -1.00. The van der Waals surface area contributed by atoms with Crippen LogP contribution in [-0.2, 0) is 19.1 Å². The van der Waals surface area contributed by atoms with E-state index in [-0.39, 0.29) is 25.4 Å². The normalized spacial score (nSPS) is 18.9. The molecule has 166 valence electrons. The number of hydrogen-bond donors (Lipinski definition) is 4. The molecular formula is C22H30O8. The van der Waals surface area contributed by atoms with Gasteiger partial charge < -0.3 is 29.9 Å². The van der Waals surface area contributed by atoms with Crippen molar-refractivity contribution < 1.29 is 39.5 Å². The SMILES string of the molecule is O=C(O)C=Cc1ccc(C=CC(=O)O)cc1.OCCOC1CCC(OCCO)CC1. The molecule has 0 atom stereocenters. The maximum absolute atomic E-state index is 10.3. The van der Waals surface area contributed by atoms with Crippen LogP contribution in [0, 0.1) is 0 Å². The van der Waals surface area contributed by atoms with Crippen LogP contribution in [0.2, 0.25) is 0 Å². The Bertz CT molecular complexity index is 614. The van der Waals surface area contributed by atoms with Crippen molar-refractivity contribution in [1.82, 2.24) is 0 Å². The Kier molecular flexibility index (Phi) is 13.0. The number of ether oxygens (including phenoxy) is 2. The lowest BCUT2D eigenvalue weighted by atomic mass is 9.95. The number of hydrogen-bond acceptors (Lipinski definition) is 6. The molecule has 0 spiro atoms. The van der Waals surface area contributed by atoms with Gasteiger partial charge in [0, 0.05) is 12.2 Å². The number of aliphatic hydroxyl groups is 2. The van der Waals surface area contributed by atoms with Crippen molar-refractivity contribution in [2.24, 2.45) is 0 Å². The number of carboxylic acids is 2. The van der Waals surface area contributed by atoms with Crippen molar-refractivity contribution in [3.8, 4) is 0 Å². The predicted molar refractivity (Wildman–Crippen MR) is 112 cm³/mol. The largest absolute Gasteiger partial charge is 0.478 e. The fourth-order valence-electron chi connectivity index (χ4n) is 2.86. The molecule has 0 amide bonds. The van der Waals surface area contributed by atoms with Crippen molar-refractivity contribution in [2.45, 2.75) is 37.9 Å². The van der Waals surface area contributed by atoms with Gasteiger partial charge in [-0.1, -0.05) is 24.3 Å². The van der Waals surface area contributed by atoms with Gasteiger partial charge in [-0.05, 0) is 49.0 Å². The molecule has 1 aromatic rings. The van der Waals surface area contributed by atoms with E-state index in [1.54, 1.807) is 24.3 Å². The van der Waals surface area contributed by atoms with Crippen LogP contribution >= 0.6 is 0 Å². The number of carboxylic acid groups (broad SMARTS) is 2. The Labute approximate surface area is 176 Å². The first kappa shape index (κ1) is 25.5. The van der Waals surface area contributed by atoms with E-state index in [4.69, 9.17) is 29.9 Å². The average Bonchev–Trinajstić information content (AvgIpc) is 2.75. The number of rotatable bonds is 10. The highest BCUT2D eigenvalue weighted by atomic mass is 16.5. The van der Waals surface area contributed by atoms with E-state index in [0.717, 1.165) is 49.0 Å². The van der Waals surface area contributed by atoms with Crippen LogP contribution in [0.15, 0.2) is 36.4 Å². The summed E-state index contributed by atoms with van der Waals surface area (Å²) >= 11 is 0. The standard InChI is InChI=1S/C12H10O4.C10H20O4/c13-11(14)7-5-9-1-2-10(4-3-9)6-8-12(15)16;11-5-7-13-9-1-2-10(4-3-9)14-8-6-12/h1-8H,(H,13,14)(H,15,16);9-12H,1-8H2. The third-order valence-corrected chi connectivity index (χ3v) is 4.28. The van der Waals surface area contributed by atoms with Crippen molar-refractivity contribution >= 4 is 24.1 Å². The lowest BCUT2D eigenvalue weighted by Crippen LogP contribution is -2.27. The van der Waals surface area contributed by atoms with Gasteiger partial charge in [-0.3, -0.25) is 0 Å². The molecule has 1 aliphatic rings. The van der Waals surface area contributed by atoms with Crippen LogP contribution < -0.4 is 0 Å². The molecule has 8 nitrogen and oxygen atoms in total. The Morgan fingerprint density at radius 1 is 0.767 bits per heavy atom. The van der Waals surface area contributed by atoms with Crippen LogP contribution in [0.3, 0.4) is 0 Å². The molecule has 30 heavy (non-hydrogen) atoms. The summed E-state index contributed by atoms with van der Waals surface area (Å²) < 4.78 is 10.9. The number of aliphatic carboxylic acids is 2. The Morgan fingerprint density at radius 3 is 1.37 bits per heavy atom. The Balaban J connectivity index is 0.000000303. The van der Waals surface area contributed by atoms with Gasteiger partial charge in [-0.2, -0.15) is 0 Å². The molecule has 1 saturated carbocycles. The number of aliphatic hydroxyl groups excluding tert-OH is 2. The van der Waals surface area contributed by atoms with Crippen LogP contribution in [-0.4, -0.2) is 71.0 Å². The smallest absolute Gasteiger partial charge is 0.328 e. The zero-order valence-electron chi connectivity index (χ0n) is 16.9. The van der Waals surface area contributed by atoms with Crippen LogP contribution in [0.1, 0.15) is 36.8 Å². The summed E-state index contributed by atoms with van der Waals surface area (Å²) in [7, 11) is 0. The molecule has 1 aliphatic carbocycles. The molecule has 8 heteroatoms. The third-order valence-electron chi connectivity index (χ3n) is 4.28. The van der Waals surface area contributed by atoms with Gasteiger partial charge in [0.25, 0.3) is 0 Å².